The molecule has 6 nitrogen and oxygen atoms in total. The van der Waals surface area contributed by atoms with Crippen molar-refractivity contribution >= 4 is 51.2 Å². The molecule has 32 heavy (non-hydrogen) atoms. The molecule has 1 N–H and O–H groups in total. The Morgan fingerprint density at radius 3 is 2.47 bits per heavy atom. The Labute approximate surface area is 198 Å². The number of anilines is 1. The van der Waals surface area contributed by atoms with Gasteiger partial charge in [0.05, 0.1) is 17.8 Å². The molecule has 1 saturated heterocycles. The second-order valence-electron chi connectivity index (χ2n) is 6.91. The van der Waals surface area contributed by atoms with E-state index in [1.165, 1.54) is 7.11 Å². The highest BCUT2D eigenvalue weighted by Gasteiger charge is 2.34. The van der Waals surface area contributed by atoms with Gasteiger partial charge in [0.1, 0.15) is 12.3 Å². The number of urea groups is 1. The van der Waals surface area contributed by atoms with Gasteiger partial charge in [-0.05, 0) is 53.6 Å². The van der Waals surface area contributed by atoms with Gasteiger partial charge >= 0.3 is 6.03 Å². The maximum Gasteiger partial charge on any atom is 0.333 e. The van der Waals surface area contributed by atoms with Gasteiger partial charge in [-0.25, -0.2) is 9.69 Å². The molecular weight excluding hydrogens is 496 g/mol. The van der Waals surface area contributed by atoms with Gasteiger partial charge < -0.3 is 14.8 Å². The summed E-state index contributed by atoms with van der Waals surface area (Å²) in [6, 6.07) is 19.3. The van der Waals surface area contributed by atoms with Crippen molar-refractivity contribution in [3.8, 4) is 11.5 Å². The predicted molar refractivity (Wildman–Crippen MR) is 127 cm³/mol. The summed E-state index contributed by atoms with van der Waals surface area (Å²) in [6.07, 6.45) is 1.55. The highest BCUT2D eigenvalue weighted by Crippen LogP contribution is 2.38. The van der Waals surface area contributed by atoms with Crippen molar-refractivity contribution < 1.29 is 19.1 Å². The van der Waals surface area contributed by atoms with E-state index in [1.807, 2.05) is 30.3 Å². The Kier molecular flexibility index (Phi) is 6.48. The zero-order valence-corrected chi connectivity index (χ0v) is 19.3. The molecule has 1 aliphatic heterocycles. The van der Waals surface area contributed by atoms with Gasteiger partial charge in [-0.1, -0.05) is 57.9 Å². The van der Waals surface area contributed by atoms with E-state index in [2.05, 4.69) is 21.2 Å². The summed E-state index contributed by atoms with van der Waals surface area (Å²) in [6.45, 7) is 0.310. The topological polar surface area (TPSA) is 67.9 Å². The minimum Gasteiger partial charge on any atom is -0.493 e. The van der Waals surface area contributed by atoms with Gasteiger partial charge in [-0.3, -0.25) is 4.79 Å². The van der Waals surface area contributed by atoms with Gasteiger partial charge in [-0.15, -0.1) is 0 Å². The van der Waals surface area contributed by atoms with Crippen LogP contribution in [0.1, 0.15) is 11.1 Å². The molecule has 0 aromatic heterocycles. The van der Waals surface area contributed by atoms with E-state index in [0.717, 1.165) is 14.9 Å². The number of nitrogens with zero attached hydrogens (tertiary/aromatic N) is 1. The molecule has 0 bridgehead atoms. The zero-order valence-electron chi connectivity index (χ0n) is 17.0. The Balaban J connectivity index is 1.57. The smallest absolute Gasteiger partial charge is 0.333 e. The summed E-state index contributed by atoms with van der Waals surface area (Å²) in [5.41, 5.74) is 2.19. The summed E-state index contributed by atoms with van der Waals surface area (Å²) < 4.78 is 12.3. The van der Waals surface area contributed by atoms with E-state index in [0.29, 0.717) is 34.4 Å². The molecule has 0 unspecified atom stereocenters. The minimum atomic E-state index is -0.514. The lowest BCUT2D eigenvalue weighted by molar-refractivity contribution is -0.113. The highest BCUT2D eigenvalue weighted by molar-refractivity contribution is 9.10. The summed E-state index contributed by atoms with van der Waals surface area (Å²) >= 11 is 9.86. The van der Waals surface area contributed by atoms with Crippen LogP contribution in [0.2, 0.25) is 5.02 Å². The van der Waals surface area contributed by atoms with Gasteiger partial charge in [0, 0.05) is 4.47 Å². The number of amides is 3. The van der Waals surface area contributed by atoms with Crippen molar-refractivity contribution in [2.45, 2.75) is 6.61 Å². The molecule has 0 aliphatic carbocycles. The maximum absolute atomic E-state index is 12.8. The number of ether oxygens (including phenoxy) is 2. The number of hydrogen-bond acceptors (Lipinski definition) is 4. The monoisotopic (exact) mass is 512 g/mol. The average Bonchev–Trinajstić information content (AvgIpc) is 3.07. The summed E-state index contributed by atoms with van der Waals surface area (Å²) in [5.74, 6) is 0.358. The SMILES string of the molecule is COc1cc(/C=C2/NC(=O)N(c3ccccc3)C2=O)cc(Cl)c1OCc1ccc(Br)cc1. The van der Waals surface area contributed by atoms with Crippen LogP contribution in [0.3, 0.4) is 0 Å². The predicted octanol–water partition coefficient (Wildman–Crippen LogP) is 5.79. The molecule has 1 aliphatic rings. The Morgan fingerprint density at radius 2 is 1.78 bits per heavy atom. The number of para-hydroxylation sites is 1. The van der Waals surface area contributed by atoms with Crippen LogP contribution in [0.4, 0.5) is 10.5 Å². The van der Waals surface area contributed by atoms with Crippen molar-refractivity contribution in [2.75, 3.05) is 12.0 Å². The molecule has 8 heteroatoms. The summed E-state index contributed by atoms with van der Waals surface area (Å²) in [4.78, 5) is 26.2. The van der Waals surface area contributed by atoms with Crippen LogP contribution in [0, 0.1) is 0 Å². The van der Waals surface area contributed by atoms with Crippen LogP contribution in [-0.2, 0) is 11.4 Å². The first-order valence-electron chi connectivity index (χ1n) is 9.63. The maximum atomic E-state index is 12.8. The van der Waals surface area contributed by atoms with E-state index in [1.54, 1.807) is 42.5 Å². The number of carbonyl (C=O) groups is 2. The fourth-order valence-electron chi connectivity index (χ4n) is 3.21. The van der Waals surface area contributed by atoms with Crippen LogP contribution in [0.5, 0.6) is 11.5 Å². The number of nitrogens with one attached hydrogen (secondary N) is 1. The number of benzene rings is 3. The Hall–Kier alpha value is -3.29. The third-order valence-electron chi connectivity index (χ3n) is 4.75. The third-order valence-corrected chi connectivity index (χ3v) is 5.56. The number of imide groups is 1. The molecule has 3 aromatic rings. The Morgan fingerprint density at radius 1 is 1.06 bits per heavy atom. The van der Waals surface area contributed by atoms with E-state index in [9.17, 15) is 9.59 Å². The Bertz CT molecular complexity index is 1200. The molecule has 162 valence electrons. The summed E-state index contributed by atoms with van der Waals surface area (Å²) in [7, 11) is 1.51. The molecule has 1 fully saturated rings. The van der Waals surface area contributed by atoms with Crippen molar-refractivity contribution in [3.63, 3.8) is 0 Å². The third kappa shape index (κ3) is 4.64. The first kappa shape index (κ1) is 21.9. The van der Waals surface area contributed by atoms with E-state index >= 15 is 0 Å². The minimum absolute atomic E-state index is 0.139. The molecule has 0 radical (unpaired) electrons. The van der Waals surface area contributed by atoms with Crippen molar-refractivity contribution in [2.24, 2.45) is 0 Å². The van der Waals surface area contributed by atoms with Crippen LogP contribution in [0.15, 0.2) is 76.9 Å². The molecule has 3 amide bonds. The molecular formula is C24H18BrClN2O4. The second-order valence-corrected chi connectivity index (χ2v) is 8.24. The quantitative estimate of drug-likeness (QED) is 0.335. The molecule has 0 atom stereocenters. The average molecular weight is 514 g/mol. The van der Waals surface area contributed by atoms with Crippen LogP contribution >= 0.6 is 27.5 Å². The molecule has 0 saturated carbocycles. The van der Waals surface area contributed by atoms with Crippen molar-refractivity contribution in [1.82, 2.24) is 5.32 Å². The molecule has 3 aromatic carbocycles. The zero-order chi connectivity index (χ0) is 22.7. The lowest BCUT2D eigenvalue weighted by Gasteiger charge is -2.14. The fraction of sp³-hybridized carbons (Fsp3) is 0.0833. The van der Waals surface area contributed by atoms with Crippen LogP contribution in [-0.4, -0.2) is 19.0 Å². The van der Waals surface area contributed by atoms with Crippen molar-refractivity contribution in [3.05, 3.63) is 93.0 Å². The standard InChI is InChI=1S/C24H18BrClN2O4/c1-31-21-13-16(11-19(26)22(21)32-14-15-7-9-17(25)10-8-15)12-20-23(29)28(24(30)27-20)18-5-3-2-4-6-18/h2-13H,14H2,1H3,(H,27,30)/b20-12+. The fourth-order valence-corrected chi connectivity index (χ4v) is 3.75. The number of hydrogen-bond donors (Lipinski definition) is 1. The molecule has 1 heterocycles. The summed E-state index contributed by atoms with van der Waals surface area (Å²) in [5, 5.41) is 2.93. The van der Waals surface area contributed by atoms with Gasteiger partial charge in [-0.2, -0.15) is 0 Å². The van der Waals surface area contributed by atoms with Crippen LogP contribution in [0.25, 0.3) is 6.08 Å². The van der Waals surface area contributed by atoms with Gasteiger partial charge in [0.25, 0.3) is 5.91 Å². The first-order valence-corrected chi connectivity index (χ1v) is 10.8. The van der Waals surface area contributed by atoms with Crippen molar-refractivity contribution in [1.29, 1.82) is 0 Å². The van der Waals surface area contributed by atoms with E-state index in [-0.39, 0.29) is 5.70 Å². The number of rotatable bonds is 6. The number of halogens is 2. The van der Waals surface area contributed by atoms with E-state index in [4.69, 9.17) is 21.1 Å². The lowest BCUT2D eigenvalue weighted by Crippen LogP contribution is -2.30. The normalized spacial score (nSPS) is 14.6. The van der Waals surface area contributed by atoms with E-state index < -0.39 is 11.9 Å². The highest BCUT2D eigenvalue weighted by atomic mass is 79.9. The molecule has 0 spiro atoms. The molecule has 4 rings (SSSR count). The van der Waals surface area contributed by atoms with Gasteiger partial charge in [0.15, 0.2) is 11.5 Å². The van der Waals surface area contributed by atoms with Crippen LogP contribution < -0.4 is 19.7 Å². The second kappa shape index (κ2) is 9.46. The largest absolute Gasteiger partial charge is 0.493 e. The number of carbonyl (C=O) groups excluding carboxylic acids is 2. The first-order chi connectivity index (χ1) is 15.5. The van der Waals surface area contributed by atoms with Gasteiger partial charge in [0.2, 0.25) is 0 Å². The number of methoxy groups -OCH3 is 1. The lowest BCUT2D eigenvalue weighted by atomic mass is 10.1.